The first-order valence-electron chi connectivity index (χ1n) is 4.95. The lowest BCUT2D eigenvalue weighted by Gasteiger charge is -2.07. The lowest BCUT2D eigenvalue weighted by Crippen LogP contribution is -2.37. The van der Waals surface area contributed by atoms with Crippen LogP contribution in [-0.4, -0.2) is 16.6 Å². The fourth-order valence-corrected chi connectivity index (χ4v) is 1.44. The number of nitrogens with zero attached hydrogens (tertiary/aromatic N) is 3. The minimum atomic E-state index is -0.509. The zero-order valence-electron chi connectivity index (χ0n) is 8.92. The molecule has 0 aliphatic heterocycles. The molecule has 0 saturated carbocycles. The van der Waals surface area contributed by atoms with Crippen molar-refractivity contribution in [1.29, 1.82) is 0 Å². The van der Waals surface area contributed by atoms with Crippen LogP contribution in [0, 0.1) is 12.1 Å². The van der Waals surface area contributed by atoms with E-state index in [4.69, 9.17) is 11.5 Å². The van der Waals surface area contributed by atoms with E-state index in [0.717, 1.165) is 5.56 Å². The standard InChI is InChI=1S/C10H13N5O/c1-6-2-3-9-8(4-6)13-10(7(12)5-11)14-15(9)16/h2-4,7H,5,11-12H2,1H3. The van der Waals surface area contributed by atoms with Crippen LogP contribution in [0.15, 0.2) is 18.2 Å². The molecule has 6 nitrogen and oxygen atoms in total. The average molecular weight is 219 g/mol. The highest BCUT2D eigenvalue weighted by Crippen LogP contribution is 2.11. The van der Waals surface area contributed by atoms with Gasteiger partial charge in [-0.25, -0.2) is 4.98 Å². The summed E-state index contributed by atoms with van der Waals surface area (Å²) in [5.74, 6) is 0.274. The number of nitrogens with two attached hydrogens (primary N) is 2. The van der Waals surface area contributed by atoms with Gasteiger partial charge in [-0.05, 0) is 23.4 Å². The van der Waals surface area contributed by atoms with Crippen LogP contribution < -0.4 is 16.3 Å². The Morgan fingerprint density at radius 1 is 1.50 bits per heavy atom. The maximum atomic E-state index is 11.6. The van der Waals surface area contributed by atoms with E-state index >= 15 is 0 Å². The van der Waals surface area contributed by atoms with Crippen LogP contribution in [-0.2, 0) is 0 Å². The van der Waals surface area contributed by atoms with Gasteiger partial charge in [0.2, 0.25) is 5.82 Å². The molecule has 0 amide bonds. The zero-order chi connectivity index (χ0) is 11.7. The van der Waals surface area contributed by atoms with Gasteiger partial charge in [0.1, 0.15) is 5.52 Å². The molecule has 0 bridgehead atoms. The second kappa shape index (κ2) is 3.99. The van der Waals surface area contributed by atoms with Crippen molar-refractivity contribution >= 4 is 11.0 Å². The van der Waals surface area contributed by atoms with Crippen LogP contribution in [0.5, 0.6) is 0 Å². The molecule has 1 atom stereocenters. The molecular formula is C10H13N5O. The smallest absolute Gasteiger partial charge is 0.270 e. The van der Waals surface area contributed by atoms with Crippen LogP contribution >= 0.6 is 0 Å². The van der Waals surface area contributed by atoms with Crippen molar-refractivity contribution in [3.05, 3.63) is 34.8 Å². The summed E-state index contributed by atoms with van der Waals surface area (Å²) in [6.45, 7) is 2.14. The molecule has 0 aliphatic carbocycles. The molecule has 6 heteroatoms. The predicted molar refractivity (Wildman–Crippen MR) is 59.2 cm³/mol. The molecule has 0 saturated heterocycles. The molecule has 2 aromatic rings. The highest BCUT2D eigenvalue weighted by molar-refractivity contribution is 5.71. The van der Waals surface area contributed by atoms with Crippen molar-refractivity contribution in [3.63, 3.8) is 0 Å². The van der Waals surface area contributed by atoms with Gasteiger partial charge >= 0.3 is 0 Å². The van der Waals surface area contributed by atoms with Crippen molar-refractivity contribution in [3.8, 4) is 0 Å². The van der Waals surface area contributed by atoms with Gasteiger partial charge in [-0.15, -0.1) is 0 Å². The van der Waals surface area contributed by atoms with Crippen LogP contribution in [0.4, 0.5) is 0 Å². The number of aryl methyl sites for hydroxylation is 1. The molecule has 84 valence electrons. The number of rotatable bonds is 2. The van der Waals surface area contributed by atoms with Crippen molar-refractivity contribution < 1.29 is 4.85 Å². The minimum Gasteiger partial charge on any atom is -0.594 e. The Morgan fingerprint density at radius 3 is 2.94 bits per heavy atom. The fraction of sp³-hybridized carbons (Fsp3) is 0.300. The van der Waals surface area contributed by atoms with E-state index in [1.54, 1.807) is 6.07 Å². The Bertz CT molecular complexity index is 528. The minimum absolute atomic E-state index is 0.206. The van der Waals surface area contributed by atoms with Gasteiger partial charge in [0.15, 0.2) is 0 Å². The van der Waals surface area contributed by atoms with Gasteiger partial charge in [-0.1, -0.05) is 6.07 Å². The number of benzene rings is 1. The fourth-order valence-electron chi connectivity index (χ4n) is 1.44. The zero-order valence-corrected chi connectivity index (χ0v) is 8.92. The van der Waals surface area contributed by atoms with E-state index in [2.05, 4.69) is 10.1 Å². The van der Waals surface area contributed by atoms with E-state index in [9.17, 15) is 5.21 Å². The molecule has 0 fully saturated rings. The van der Waals surface area contributed by atoms with Crippen molar-refractivity contribution in [2.75, 3.05) is 6.54 Å². The SMILES string of the molecule is Cc1ccc2c(c1)nc(C(N)CN)n[n+]2[O-]. The molecule has 1 aromatic heterocycles. The third-order valence-electron chi connectivity index (χ3n) is 2.35. The Kier molecular flexibility index (Phi) is 2.67. The van der Waals surface area contributed by atoms with E-state index in [1.165, 1.54) is 0 Å². The quantitative estimate of drug-likeness (QED) is 0.524. The van der Waals surface area contributed by atoms with Gasteiger partial charge in [0, 0.05) is 17.7 Å². The van der Waals surface area contributed by atoms with Crippen LogP contribution in [0.3, 0.4) is 0 Å². The number of fused-ring (bicyclic) bond motifs is 1. The Morgan fingerprint density at radius 2 is 2.25 bits per heavy atom. The number of hydrogen-bond donors (Lipinski definition) is 2. The van der Waals surface area contributed by atoms with E-state index in [1.807, 2.05) is 19.1 Å². The lowest BCUT2D eigenvalue weighted by atomic mass is 10.2. The number of hydrogen-bond acceptors (Lipinski definition) is 5. The summed E-state index contributed by atoms with van der Waals surface area (Å²) >= 11 is 0. The Balaban J connectivity index is 2.65. The van der Waals surface area contributed by atoms with Gasteiger partial charge in [-0.3, -0.25) is 0 Å². The molecule has 4 N–H and O–H groups in total. The van der Waals surface area contributed by atoms with Crippen LogP contribution in [0.1, 0.15) is 17.4 Å². The summed E-state index contributed by atoms with van der Waals surface area (Å²) in [4.78, 5) is 4.77. The van der Waals surface area contributed by atoms with E-state index < -0.39 is 6.04 Å². The molecule has 0 aliphatic rings. The number of aromatic nitrogens is 3. The Labute approximate surface area is 92.5 Å². The molecular weight excluding hydrogens is 206 g/mol. The topological polar surface area (TPSA) is 105 Å². The Hall–Kier alpha value is -1.79. The third kappa shape index (κ3) is 1.80. The van der Waals surface area contributed by atoms with E-state index in [0.29, 0.717) is 15.9 Å². The van der Waals surface area contributed by atoms with Crippen molar-refractivity contribution in [2.24, 2.45) is 11.5 Å². The maximum absolute atomic E-state index is 11.6. The van der Waals surface area contributed by atoms with Crippen molar-refractivity contribution in [1.82, 2.24) is 10.1 Å². The summed E-state index contributed by atoms with van der Waals surface area (Å²) in [6.07, 6.45) is 0. The monoisotopic (exact) mass is 219 g/mol. The molecule has 1 heterocycles. The van der Waals surface area contributed by atoms with Gasteiger partial charge < -0.3 is 16.7 Å². The first kappa shape index (κ1) is 10.7. The molecule has 2 rings (SSSR count). The second-order valence-electron chi connectivity index (χ2n) is 3.68. The van der Waals surface area contributed by atoms with Crippen molar-refractivity contribution in [2.45, 2.75) is 13.0 Å². The molecule has 0 spiro atoms. The molecule has 1 aromatic carbocycles. The van der Waals surface area contributed by atoms with Crippen LogP contribution in [0.25, 0.3) is 11.0 Å². The normalized spacial score (nSPS) is 12.9. The highest BCUT2D eigenvalue weighted by atomic mass is 16.5. The second-order valence-corrected chi connectivity index (χ2v) is 3.68. The molecule has 1 unspecified atom stereocenters. The lowest BCUT2D eigenvalue weighted by molar-refractivity contribution is -0.644. The largest absolute Gasteiger partial charge is 0.594 e. The first-order chi connectivity index (χ1) is 7.61. The van der Waals surface area contributed by atoms with Gasteiger partial charge in [-0.2, -0.15) is 0 Å². The average Bonchev–Trinajstić information content (AvgIpc) is 2.27. The molecule has 0 radical (unpaired) electrons. The van der Waals surface area contributed by atoms with Gasteiger partial charge in [0.05, 0.1) is 6.04 Å². The first-order valence-corrected chi connectivity index (χ1v) is 4.95. The third-order valence-corrected chi connectivity index (χ3v) is 2.35. The summed E-state index contributed by atoms with van der Waals surface area (Å²) in [5, 5.41) is 15.3. The predicted octanol–water partition coefficient (Wildman–Crippen LogP) is -0.470. The van der Waals surface area contributed by atoms with Gasteiger partial charge in [0.25, 0.3) is 5.52 Å². The summed E-state index contributed by atoms with van der Waals surface area (Å²) in [6, 6.07) is 4.83. The maximum Gasteiger partial charge on any atom is 0.270 e. The van der Waals surface area contributed by atoms with Crippen LogP contribution in [0.2, 0.25) is 0 Å². The highest BCUT2D eigenvalue weighted by Gasteiger charge is 2.15. The summed E-state index contributed by atoms with van der Waals surface area (Å²) < 4.78 is 0. The van der Waals surface area contributed by atoms with E-state index in [-0.39, 0.29) is 12.4 Å². The summed E-state index contributed by atoms with van der Waals surface area (Å²) in [7, 11) is 0. The summed E-state index contributed by atoms with van der Waals surface area (Å²) in [5.41, 5.74) is 13.1. The molecule has 16 heavy (non-hydrogen) atoms.